The predicted molar refractivity (Wildman–Crippen MR) is 93.0 cm³/mol. The number of methoxy groups -OCH3 is 1. The normalized spacial score (nSPS) is 10.7. The molecule has 0 saturated carbocycles. The van der Waals surface area contributed by atoms with Gasteiger partial charge in [0.15, 0.2) is 5.75 Å². The van der Waals surface area contributed by atoms with Gasteiger partial charge < -0.3 is 10.1 Å². The van der Waals surface area contributed by atoms with Crippen molar-refractivity contribution in [2.75, 3.05) is 12.4 Å². The second-order valence-electron chi connectivity index (χ2n) is 5.13. The van der Waals surface area contributed by atoms with Crippen molar-refractivity contribution in [3.8, 4) is 11.8 Å². The smallest absolute Gasteiger partial charge is 0.311 e. The highest BCUT2D eigenvalue weighted by molar-refractivity contribution is 6.10. The molecule has 0 aliphatic rings. The molecule has 0 fully saturated rings. The van der Waals surface area contributed by atoms with E-state index in [2.05, 4.69) is 5.32 Å². The number of amides is 1. The number of nitro groups is 1. The van der Waals surface area contributed by atoms with Crippen LogP contribution in [0, 0.1) is 28.4 Å². The lowest BCUT2D eigenvalue weighted by Gasteiger charge is -2.07. The number of nitriles is 1. The van der Waals surface area contributed by atoms with E-state index >= 15 is 0 Å². The van der Waals surface area contributed by atoms with Crippen LogP contribution in [-0.4, -0.2) is 17.9 Å². The third kappa shape index (κ3) is 4.20. The maximum absolute atomic E-state index is 12.3. The third-order valence-corrected chi connectivity index (χ3v) is 3.47. The number of nitro benzene ring substituents is 1. The van der Waals surface area contributed by atoms with Crippen LogP contribution in [-0.2, 0) is 4.79 Å². The van der Waals surface area contributed by atoms with Crippen molar-refractivity contribution in [3.63, 3.8) is 0 Å². The summed E-state index contributed by atoms with van der Waals surface area (Å²) in [5.74, 6) is -0.486. The number of aryl methyl sites for hydroxylation is 1. The number of anilines is 1. The van der Waals surface area contributed by atoms with Crippen molar-refractivity contribution in [2.24, 2.45) is 0 Å². The average Bonchev–Trinajstić information content (AvgIpc) is 2.61. The summed E-state index contributed by atoms with van der Waals surface area (Å²) in [6.45, 7) is 1.83. The molecule has 0 heterocycles. The van der Waals surface area contributed by atoms with Gasteiger partial charge in [0.25, 0.3) is 5.91 Å². The van der Waals surface area contributed by atoms with Crippen molar-refractivity contribution in [2.45, 2.75) is 6.92 Å². The van der Waals surface area contributed by atoms with Gasteiger partial charge in [-0.05, 0) is 36.3 Å². The number of para-hydroxylation sites is 1. The van der Waals surface area contributed by atoms with Gasteiger partial charge in [-0.15, -0.1) is 0 Å². The zero-order valence-corrected chi connectivity index (χ0v) is 13.6. The molecule has 2 rings (SSSR count). The van der Waals surface area contributed by atoms with Crippen LogP contribution in [0.3, 0.4) is 0 Å². The highest BCUT2D eigenvalue weighted by atomic mass is 16.6. The Labute approximate surface area is 144 Å². The largest absolute Gasteiger partial charge is 0.490 e. The second-order valence-corrected chi connectivity index (χ2v) is 5.13. The molecule has 0 aromatic heterocycles. The van der Waals surface area contributed by atoms with E-state index in [0.717, 1.165) is 5.56 Å². The Morgan fingerprint density at radius 1 is 1.32 bits per heavy atom. The van der Waals surface area contributed by atoms with E-state index in [1.807, 2.05) is 25.1 Å². The van der Waals surface area contributed by atoms with Crippen molar-refractivity contribution in [1.82, 2.24) is 0 Å². The topological polar surface area (TPSA) is 105 Å². The molecule has 25 heavy (non-hydrogen) atoms. The molecule has 7 nitrogen and oxygen atoms in total. The molecule has 0 atom stereocenters. The van der Waals surface area contributed by atoms with Crippen molar-refractivity contribution in [3.05, 3.63) is 69.3 Å². The third-order valence-electron chi connectivity index (χ3n) is 3.47. The quantitative estimate of drug-likeness (QED) is 0.389. The highest BCUT2D eigenvalue weighted by Crippen LogP contribution is 2.28. The van der Waals surface area contributed by atoms with E-state index in [9.17, 15) is 20.2 Å². The number of ether oxygens (including phenoxy) is 1. The Kier molecular flexibility index (Phi) is 5.48. The van der Waals surface area contributed by atoms with Crippen LogP contribution in [0.15, 0.2) is 48.0 Å². The minimum absolute atomic E-state index is 0.102. The maximum atomic E-state index is 12.3. The molecule has 7 heteroatoms. The first-order valence-electron chi connectivity index (χ1n) is 7.27. The summed E-state index contributed by atoms with van der Waals surface area (Å²) in [5, 5.41) is 23.0. The molecule has 2 aromatic rings. The summed E-state index contributed by atoms with van der Waals surface area (Å²) in [5.41, 5.74) is 1.39. The fourth-order valence-corrected chi connectivity index (χ4v) is 2.16. The van der Waals surface area contributed by atoms with Crippen molar-refractivity contribution >= 4 is 23.4 Å². The molecular weight excluding hydrogens is 322 g/mol. The lowest BCUT2D eigenvalue weighted by Crippen LogP contribution is -2.14. The molecule has 0 unspecified atom stereocenters. The molecule has 0 bridgehead atoms. The van der Waals surface area contributed by atoms with Gasteiger partial charge in [-0.3, -0.25) is 14.9 Å². The first-order valence-corrected chi connectivity index (χ1v) is 7.27. The van der Waals surface area contributed by atoms with E-state index in [0.29, 0.717) is 11.3 Å². The van der Waals surface area contributed by atoms with Gasteiger partial charge in [-0.25, -0.2) is 0 Å². The predicted octanol–water partition coefficient (Wildman–Crippen LogP) is 3.46. The van der Waals surface area contributed by atoms with Crippen molar-refractivity contribution in [1.29, 1.82) is 5.26 Å². The number of carbonyl (C=O) groups excluding carboxylic acids is 1. The van der Waals surface area contributed by atoms with Gasteiger partial charge in [-0.1, -0.05) is 24.3 Å². The molecule has 0 aliphatic heterocycles. The molecule has 1 N–H and O–H groups in total. The standard InChI is InChI=1S/C18H15N3O4/c1-12-5-3-4-6-15(12)20-18(22)14(11-19)9-13-7-8-17(25-2)16(10-13)21(23)24/h3-10H,1-2H3,(H,20,22)/b14-9-. The first kappa shape index (κ1) is 17.7. The molecule has 0 saturated heterocycles. The van der Waals surface area contributed by atoms with Crippen LogP contribution in [0.25, 0.3) is 6.08 Å². The minimum atomic E-state index is -0.588. The number of hydrogen-bond donors (Lipinski definition) is 1. The molecule has 0 aliphatic carbocycles. The van der Waals surface area contributed by atoms with Gasteiger partial charge in [0.2, 0.25) is 0 Å². The van der Waals surface area contributed by atoms with Gasteiger partial charge in [0.05, 0.1) is 12.0 Å². The van der Waals surface area contributed by atoms with Crippen LogP contribution in [0.4, 0.5) is 11.4 Å². The Balaban J connectivity index is 2.33. The average molecular weight is 337 g/mol. The maximum Gasteiger partial charge on any atom is 0.311 e. The van der Waals surface area contributed by atoms with Crippen molar-refractivity contribution < 1.29 is 14.5 Å². The van der Waals surface area contributed by atoms with Gasteiger partial charge in [-0.2, -0.15) is 5.26 Å². The zero-order chi connectivity index (χ0) is 18.4. The molecule has 126 valence electrons. The lowest BCUT2D eigenvalue weighted by molar-refractivity contribution is -0.385. The monoisotopic (exact) mass is 337 g/mol. The van der Waals surface area contributed by atoms with E-state index in [1.165, 1.54) is 31.4 Å². The summed E-state index contributed by atoms with van der Waals surface area (Å²) in [6, 6.07) is 13.2. The summed E-state index contributed by atoms with van der Waals surface area (Å²) < 4.78 is 4.93. The van der Waals surface area contributed by atoms with Crippen LogP contribution >= 0.6 is 0 Å². The first-order chi connectivity index (χ1) is 12.0. The summed E-state index contributed by atoms with van der Waals surface area (Å²) >= 11 is 0. The zero-order valence-electron chi connectivity index (χ0n) is 13.6. The summed E-state index contributed by atoms with van der Waals surface area (Å²) in [6.07, 6.45) is 1.29. The minimum Gasteiger partial charge on any atom is -0.490 e. The van der Waals surface area contributed by atoms with Crippen LogP contribution in [0.1, 0.15) is 11.1 Å². The second kappa shape index (κ2) is 7.75. The van der Waals surface area contributed by atoms with Crippen LogP contribution in [0.2, 0.25) is 0 Å². The summed E-state index contributed by atoms with van der Waals surface area (Å²) in [4.78, 5) is 22.8. The van der Waals surface area contributed by atoms with E-state index < -0.39 is 10.8 Å². The van der Waals surface area contributed by atoms with Gasteiger partial charge >= 0.3 is 5.69 Å². The number of carbonyl (C=O) groups is 1. The Bertz CT molecular complexity index is 897. The van der Waals surface area contributed by atoms with E-state index in [-0.39, 0.29) is 17.0 Å². The molecule has 0 spiro atoms. The van der Waals surface area contributed by atoms with Crippen LogP contribution in [0.5, 0.6) is 5.75 Å². The number of hydrogen-bond acceptors (Lipinski definition) is 5. The SMILES string of the molecule is COc1ccc(/C=C(/C#N)C(=O)Nc2ccccc2C)cc1[N+](=O)[O-]. The van der Waals surface area contributed by atoms with E-state index in [1.54, 1.807) is 12.1 Å². The summed E-state index contributed by atoms with van der Waals surface area (Å²) in [7, 11) is 1.33. The molecule has 2 aromatic carbocycles. The van der Waals surface area contributed by atoms with Crippen LogP contribution < -0.4 is 10.1 Å². The molecular formula is C18H15N3O4. The number of nitrogens with one attached hydrogen (secondary N) is 1. The Morgan fingerprint density at radius 3 is 2.64 bits per heavy atom. The molecule has 1 amide bonds. The number of benzene rings is 2. The number of rotatable bonds is 5. The lowest BCUT2D eigenvalue weighted by atomic mass is 10.1. The van der Waals surface area contributed by atoms with Gasteiger partial charge in [0.1, 0.15) is 11.6 Å². The molecule has 0 radical (unpaired) electrons. The Morgan fingerprint density at radius 2 is 2.04 bits per heavy atom. The van der Waals surface area contributed by atoms with E-state index in [4.69, 9.17) is 4.74 Å². The fourth-order valence-electron chi connectivity index (χ4n) is 2.16. The number of nitrogens with zero attached hydrogens (tertiary/aromatic N) is 2. The highest BCUT2D eigenvalue weighted by Gasteiger charge is 2.16. The van der Waals surface area contributed by atoms with Gasteiger partial charge in [0, 0.05) is 11.8 Å². The Hall–Kier alpha value is -3.66. The fraction of sp³-hybridized carbons (Fsp3) is 0.111.